The van der Waals surface area contributed by atoms with Crippen molar-refractivity contribution < 1.29 is 4.74 Å². The van der Waals surface area contributed by atoms with Crippen molar-refractivity contribution in [2.24, 2.45) is 16.7 Å². The molecule has 100 valence electrons. The van der Waals surface area contributed by atoms with E-state index >= 15 is 0 Å². The predicted octanol–water partition coefficient (Wildman–Crippen LogP) is 5.24. The van der Waals surface area contributed by atoms with Gasteiger partial charge in [0.05, 0.1) is 12.7 Å². The Labute approximate surface area is 122 Å². The summed E-state index contributed by atoms with van der Waals surface area (Å²) in [7, 11) is 0. The van der Waals surface area contributed by atoms with E-state index in [1.54, 1.807) is 11.3 Å². The van der Waals surface area contributed by atoms with Gasteiger partial charge in [-0.1, -0.05) is 20.8 Å². The average molecular weight is 329 g/mol. The number of fused-ring (bicyclic) bond motifs is 2. The summed E-state index contributed by atoms with van der Waals surface area (Å²) in [4.78, 5) is 1.32. The Balaban J connectivity index is 1.71. The topological polar surface area (TPSA) is 9.23 Å². The van der Waals surface area contributed by atoms with Crippen molar-refractivity contribution >= 4 is 27.3 Å². The van der Waals surface area contributed by atoms with E-state index in [9.17, 15) is 0 Å². The summed E-state index contributed by atoms with van der Waals surface area (Å²) >= 11 is 5.36. The van der Waals surface area contributed by atoms with Crippen molar-refractivity contribution in [3.63, 3.8) is 0 Å². The minimum Gasteiger partial charge on any atom is -0.372 e. The monoisotopic (exact) mass is 328 g/mol. The van der Waals surface area contributed by atoms with Crippen molar-refractivity contribution in [2.75, 3.05) is 0 Å². The van der Waals surface area contributed by atoms with Gasteiger partial charge in [0.2, 0.25) is 0 Å². The number of thiophene rings is 1. The van der Waals surface area contributed by atoms with Crippen LogP contribution < -0.4 is 0 Å². The van der Waals surface area contributed by atoms with Crippen molar-refractivity contribution in [1.29, 1.82) is 0 Å². The van der Waals surface area contributed by atoms with Crippen LogP contribution in [0.4, 0.5) is 0 Å². The number of ether oxygens (including phenoxy) is 1. The van der Waals surface area contributed by atoms with Gasteiger partial charge in [-0.2, -0.15) is 0 Å². The fourth-order valence-electron chi connectivity index (χ4n) is 3.99. The van der Waals surface area contributed by atoms with Crippen molar-refractivity contribution in [3.05, 3.63) is 20.8 Å². The Morgan fingerprint density at radius 2 is 2.22 bits per heavy atom. The lowest BCUT2D eigenvalue weighted by molar-refractivity contribution is -0.0543. The van der Waals surface area contributed by atoms with Crippen LogP contribution in [0, 0.1) is 16.7 Å². The molecule has 3 rings (SSSR count). The van der Waals surface area contributed by atoms with Crippen LogP contribution in [0.1, 0.15) is 44.9 Å². The third-order valence-electron chi connectivity index (χ3n) is 5.82. The van der Waals surface area contributed by atoms with E-state index in [1.165, 1.54) is 28.6 Å². The van der Waals surface area contributed by atoms with E-state index in [-0.39, 0.29) is 0 Å². The SMILES string of the molecule is CC1(C)C2CCC1(C)C(OCc1sccc1Br)C2. The number of rotatable bonds is 3. The zero-order chi connectivity index (χ0) is 13.0. The molecule has 0 aliphatic heterocycles. The van der Waals surface area contributed by atoms with Gasteiger partial charge < -0.3 is 4.74 Å². The van der Waals surface area contributed by atoms with E-state index in [1.807, 2.05) is 0 Å². The molecule has 1 aromatic heterocycles. The van der Waals surface area contributed by atoms with Crippen molar-refractivity contribution in [2.45, 2.75) is 52.7 Å². The first kappa shape index (κ1) is 13.1. The van der Waals surface area contributed by atoms with Crippen LogP contribution in [-0.4, -0.2) is 6.10 Å². The van der Waals surface area contributed by atoms with Crippen molar-refractivity contribution in [3.8, 4) is 0 Å². The van der Waals surface area contributed by atoms with Gasteiger partial charge in [0, 0.05) is 9.35 Å². The molecule has 3 unspecified atom stereocenters. The van der Waals surface area contributed by atoms with Crippen LogP contribution >= 0.6 is 27.3 Å². The first-order valence-corrected chi connectivity index (χ1v) is 8.46. The molecule has 0 N–H and O–H groups in total. The molecule has 0 aromatic carbocycles. The van der Waals surface area contributed by atoms with Crippen LogP contribution in [0.15, 0.2) is 15.9 Å². The third kappa shape index (κ3) is 1.74. The normalized spacial score (nSPS) is 37.3. The molecule has 3 heteroatoms. The molecule has 2 aliphatic carbocycles. The zero-order valence-electron chi connectivity index (χ0n) is 11.3. The average Bonchev–Trinajstić information content (AvgIpc) is 2.87. The van der Waals surface area contributed by atoms with Crippen LogP contribution in [0.25, 0.3) is 0 Å². The quantitative estimate of drug-likeness (QED) is 0.737. The summed E-state index contributed by atoms with van der Waals surface area (Å²) in [5, 5.41) is 2.12. The fourth-order valence-corrected chi connectivity index (χ4v) is 5.37. The summed E-state index contributed by atoms with van der Waals surface area (Å²) < 4.78 is 7.48. The third-order valence-corrected chi connectivity index (χ3v) is 7.72. The van der Waals surface area contributed by atoms with Gasteiger partial charge in [-0.15, -0.1) is 11.3 Å². The summed E-state index contributed by atoms with van der Waals surface area (Å²) in [6.45, 7) is 8.08. The second-order valence-corrected chi connectivity index (χ2v) is 8.46. The number of halogens is 1. The highest BCUT2D eigenvalue weighted by Gasteiger charge is 2.61. The smallest absolute Gasteiger partial charge is 0.0824 e. The second-order valence-electron chi connectivity index (χ2n) is 6.60. The molecule has 1 nitrogen and oxygen atoms in total. The molecule has 18 heavy (non-hydrogen) atoms. The lowest BCUT2D eigenvalue weighted by Crippen LogP contribution is -2.37. The molecule has 0 saturated heterocycles. The van der Waals surface area contributed by atoms with E-state index in [0.29, 0.717) is 16.9 Å². The van der Waals surface area contributed by atoms with Crippen LogP contribution in [0.3, 0.4) is 0 Å². The first-order chi connectivity index (χ1) is 8.45. The maximum absolute atomic E-state index is 6.28. The Hall–Kier alpha value is 0.140. The highest BCUT2D eigenvalue weighted by Crippen LogP contribution is 2.66. The second kappa shape index (κ2) is 4.32. The van der Waals surface area contributed by atoms with Gasteiger partial charge in [-0.25, -0.2) is 0 Å². The fraction of sp³-hybridized carbons (Fsp3) is 0.733. The molecule has 2 aliphatic rings. The highest BCUT2D eigenvalue weighted by atomic mass is 79.9. The van der Waals surface area contributed by atoms with Gasteiger partial charge in [-0.05, 0) is 63.4 Å². The Bertz CT molecular complexity index is 453. The standard InChI is InChI=1S/C15H21BrOS/c1-14(2)10-4-6-15(14,3)13(8-10)17-9-12-11(16)5-7-18-12/h5,7,10,13H,4,6,8-9H2,1-3H3. The van der Waals surface area contributed by atoms with Gasteiger partial charge in [0.15, 0.2) is 0 Å². The summed E-state index contributed by atoms with van der Waals surface area (Å²) in [6, 6.07) is 2.11. The Kier molecular flexibility index (Phi) is 3.15. The number of hydrogen-bond acceptors (Lipinski definition) is 2. The maximum atomic E-state index is 6.28. The largest absolute Gasteiger partial charge is 0.372 e. The summed E-state index contributed by atoms with van der Waals surface area (Å²) in [6.07, 6.45) is 4.43. The summed E-state index contributed by atoms with van der Waals surface area (Å²) in [5.41, 5.74) is 0.825. The van der Waals surface area contributed by atoms with Crippen LogP contribution in [0.2, 0.25) is 0 Å². The highest BCUT2D eigenvalue weighted by molar-refractivity contribution is 9.10. The van der Waals surface area contributed by atoms with E-state index in [0.717, 1.165) is 12.5 Å². The van der Waals surface area contributed by atoms with Gasteiger partial charge in [0.25, 0.3) is 0 Å². The van der Waals surface area contributed by atoms with Gasteiger partial charge in [-0.3, -0.25) is 0 Å². The summed E-state index contributed by atoms with van der Waals surface area (Å²) in [5.74, 6) is 0.860. The molecular formula is C15H21BrOS. The molecule has 2 bridgehead atoms. The molecule has 1 heterocycles. The van der Waals surface area contributed by atoms with E-state index in [2.05, 4.69) is 48.1 Å². The minimum absolute atomic E-state index is 0.376. The van der Waals surface area contributed by atoms with Crippen LogP contribution in [-0.2, 0) is 11.3 Å². The molecule has 1 aromatic rings. The van der Waals surface area contributed by atoms with Crippen molar-refractivity contribution in [1.82, 2.24) is 0 Å². The molecule has 0 spiro atoms. The number of hydrogen-bond donors (Lipinski definition) is 0. The molecule has 0 amide bonds. The van der Waals surface area contributed by atoms with E-state index in [4.69, 9.17) is 4.74 Å². The Morgan fingerprint density at radius 3 is 2.72 bits per heavy atom. The Morgan fingerprint density at radius 1 is 1.44 bits per heavy atom. The molecule has 3 atom stereocenters. The molecular weight excluding hydrogens is 308 g/mol. The minimum atomic E-state index is 0.376. The van der Waals surface area contributed by atoms with Gasteiger partial charge >= 0.3 is 0 Å². The van der Waals surface area contributed by atoms with Gasteiger partial charge in [0.1, 0.15) is 0 Å². The lowest BCUT2D eigenvalue weighted by atomic mass is 9.70. The van der Waals surface area contributed by atoms with E-state index < -0.39 is 0 Å². The zero-order valence-corrected chi connectivity index (χ0v) is 13.7. The molecule has 2 fully saturated rings. The molecule has 2 saturated carbocycles. The lowest BCUT2D eigenvalue weighted by Gasteiger charge is -2.38. The van der Waals surface area contributed by atoms with Crippen LogP contribution in [0.5, 0.6) is 0 Å². The predicted molar refractivity (Wildman–Crippen MR) is 79.8 cm³/mol. The first-order valence-electron chi connectivity index (χ1n) is 6.78. The maximum Gasteiger partial charge on any atom is 0.0824 e. The molecule has 0 radical (unpaired) electrons.